The van der Waals surface area contributed by atoms with Crippen molar-refractivity contribution in [2.45, 2.75) is 32.1 Å². The molecule has 1 unspecified atom stereocenters. The predicted molar refractivity (Wildman–Crippen MR) is 73.7 cm³/mol. The number of carboxylic acid groups (broad SMARTS) is 1. The highest BCUT2D eigenvalue weighted by Gasteiger charge is 2.20. The third-order valence-electron chi connectivity index (χ3n) is 2.93. The summed E-state index contributed by atoms with van der Waals surface area (Å²) in [4.78, 5) is 11.3. The monoisotopic (exact) mass is 264 g/mol. The van der Waals surface area contributed by atoms with E-state index >= 15 is 0 Å². The standard InChI is InChI=1S/C15H20O4/c1-3-4-5-6-7-12(15(17)18)11-8-9-13(16)14(10-11)19-2/h4-5,8-10,12,16H,3,6-7H2,1-2H3,(H,17,18). The molecular weight excluding hydrogens is 244 g/mol. The molecule has 0 bridgehead atoms. The first-order valence-corrected chi connectivity index (χ1v) is 6.34. The fourth-order valence-corrected chi connectivity index (χ4v) is 1.89. The van der Waals surface area contributed by atoms with E-state index in [4.69, 9.17) is 4.74 Å². The van der Waals surface area contributed by atoms with Gasteiger partial charge in [0.2, 0.25) is 0 Å². The van der Waals surface area contributed by atoms with E-state index in [0.717, 1.165) is 6.42 Å². The van der Waals surface area contributed by atoms with E-state index in [-0.39, 0.29) is 5.75 Å². The van der Waals surface area contributed by atoms with Crippen LogP contribution in [0, 0.1) is 0 Å². The van der Waals surface area contributed by atoms with Gasteiger partial charge in [-0.2, -0.15) is 0 Å². The van der Waals surface area contributed by atoms with Gasteiger partial charge in [-0.05, 0) is 37.0 Å². The van der Waals surface area contributed by atoms with Crippen molar-refractivity contribution in [1.82, 2.24) is 0 Å². The topological polar surface area (TPSA) is 66.8 Å². The van der Waals surface area contributed by atoms with Crippen LogP contribution < -0.4 is 4.74 Å². The van der Waals surface area contributed by atoms with Crippen LogP contribution in [0.5, 0.6) is 11.5 Å². The molecule has 0 aliphatic heterocycles. The van der Waals surface area contributed by atoms with Gasteiger partial charge in [0.25, 0.3) is 0 Å². The number of allylic oxidation sites excluding steroid dienone is 2. The van der Waals surface area contributed by atoms with E-state index in [2.05, 4.69) is 0 Å². The van der Waals surface area contributed by atoms with Crippen LogP contribution in [0.15, 0.2) is 30.4 Å². The third-order valence-corrected chi connectivity index (χ3v) is 2.93. The van der Waals surface area contributed by atoms with Gasteiger partial charge >= 0.3 is 5.97 Å². The number of phenols is 1. The first-order valence-electron chi connectivity index (χ1n) is 6.34. The van der Waals surface area contributed by atoms with Gasteiger partial charge in [-0.25, -0.2) is 0 Å². The molecule has 0 fully saturated rings. The maximum atomic E-state index is 11.3. The minimum absolute atomic E-state index is 0.0151. The van der Waals surface area contributed by atoms with Gasteiger partial charge in [-0.3, -0.25) is 4.79 Å². The number of rotatable bonds is 7. The van der Waals surface area contributed by atoms with Crippen LogP contribution in [0.25, 0.3) is 0 Å². The van der Waals surface area contributed by atoms with Crippen molar-refractivity contribution < 1.29 is 19.7 Å². The summed E-state index contributed by atoms with van der Waals surface area (Å²) in [5.74, 6) is -1.14. The highest BCUT2D eigenvalue weighted by atomic mass is 16.5. The number of carboxylic acids is 1. The number of methoxy groups -OCH3 is 1. The normalized spacial score (nSPS) is 12.5. The second kappa shape index (κ2) is 7.46. The van der Waals surface area contributed by atoms with Crippen LogP contribution in [0.1, 0.15) is 37.7 Å². The zero-order chi connectivity index (χ0) is 14.3. The Kier molecular flexibility index (Phi) is 5.93. The molecule has 4 nitrogen and oxygen atoms in total. The number of benzene rings is 1. The Bertz CT molecular complexity index is 451. The Morgan fingerprint density at radius 3 is 2.74 bits per heavy atom. The van der Waals surface area contributed by atoms with Crippen molar-refractivity contribution in [2.24, 2.45) is 0 Å². The predicted octanol–water partition coefficient (Wildman–Crippen LogP) is 3.32. The molecule has 4 heteroatoms. The van der Waals surface area contributed by atoms with Crippen LogP contribution >= 0.6 is 0 Å². The summed E-state index contributed by atoms with van der Waals surface area (Å²) in [6.45, 7) is 2.04. The second-order valence-corrected chi connectivity index (χ2v) is 4.28. The van der Waals surface area contributed by atoms with Gasteiger partial charge in [-0.1, -0.05) is 25.1 Å². The third kappa shape index (κ3) is 4.32. The number of ether oxygens (including phenoxy) is 1. The average molecular weight is 264 g/mol. The highest BCUT2D eigenvalue weighted by molar-refractivity contribution is 5.76. The Balaban J connectivity index is 2.86. The van der Waals surface area contributed by atoms with Gasteiger partial charge in [0, 0.05) is 0 Å². The fraction of sp³-hybridized carbons (Fsp3) is 0.400. The second-order valence-electron chi connectivity index (χ2n) is 4.28. The molecule has 0 radical (unpaired) electrons. The average Bonchev–Trinajstić information content (AvgIpc) is 2.39. The summed E-state index contributed by atoms with van der Waals surface area (Å²) in [7, 11) is 1.44. The van der Waals surface area contributed by atoms with Gasteiger partial charge in [0.1, 0.15) is 0 Å². The molecule has 2 N–H and O–H groups in total. The molecular formula is C15H20O4. The molecule has 1 aromatic rings. The number of aromatic hydroxyl groups is 1. The minimum atomic E-state index is -0.863. The van der Waals surface area contributed by atoms with Crippen LogP contribution in [-0.2, 0) is 4.79 Å². The van der Waals surface area contributed by atoms with Gasteiger partial charge in [0.15, 0.2) is 11.5 Å². The SMILES string of the molecule is CCC=CCCC(C(=O)O)c1ccc(O)c(OC)c1. The van der Waals surface area contributed by atoms with Crippen LogP contribution in [0.3, 0.4) is 0 Å². The molecule has 0 saturated carbocycles. The number of aliphatic carboxylic acids is 1. The lowest BCUT2D eigenvalue weighted by molar-refractivity contribution is -0.138. The lowest BCUT2D eigenvalue weighted by atomic mass is 9.94. The molecule has 0 spiro atoms. The highest BCUT2D eigenvalue weighted by Crippen LogP contribution is 2.31. The first kappa shape index (κ1) is 15.1. The van der Waals surface area contributed by atoms with E-state index in [1.54, 1.807) is 12.1 Å². The van der Waals surface area contributed by atoms with Gasteiger partial charge < -0.3 is 14.9 Å². The van der Waals surface area contributed by atoms with Crippen molar-refractivity contribution >= 4 is 5.97 Å². The Morgan fingerprint density at radius 2 is 2.16 bits per heavy atom. The van der Waals surface area contributed by atoms with Crippen molar-refractivity contribution in [3.05, 3.63) is 35.9 Å². The largest absolute Gasteiger partial charge is 0.504 e. The van der Waals surface area contributed by atoms with Gasteiger partial charge in [-0.15, -0.1) is 0 Å². The zero-order valence-electron chi connectivity index (χ0n) is 11.3. The zero-order valence-corrected chi connectivity index (χ0v) is 11.3. The van der Waals surface area contributed by atoms with Crippen LogP contribution in [0.2, 0.25) is 0 Å². The molecule has 104 valence electrons. The van der Waals surface area contributed by atoms with E-state index < -0.39 is 11.9 Å². The molecule has 0 saturated heterocycles. The molecule has 0 amide bonds. The summed E-state index contributed by atoms with van der Waals surface area (Å²) in [6.07, 6.45) is 6.21. The lowest BCUT2D eigenvalue weighted by Crippen LogP contribution is -2.11. The molecule has 1 rings (SSSR count). The van der Waals surface area contributed by atoms with Gasteiger partial charge in [0.05, 0.1) is 13.0 Å². The Hall–Kier alpha value is -1.97. The smallest absolute Gasteiger partial charge is 0.310 e. The molecule has 0 heterocycles. The van der Waals surface area contributed by atoms with E-state index in [0.29, 0.717) is 24.2 Å². The number of hydrogen-bond acceptors (Lipinski definition) is 3. The van der Waals surface area contributed by atoms with Crippen molar-refractivity contribution in [3.8, 4) is 11.5 Å². The molecule has 1 atom stereocenters. The maximum absolute atomic E-state index is 11.3. The molecule has 1 aromatic carbocycles. The molecule has 19 heavy (non-hydrogen) atoms. The summed E-state index contributed by atoms with van der Waals surface area (Å²) in [5, 5.41) is 18.8. The fourth-order valence-electron chi connectivity index (χ4n) is 1.89. The van der Waals surface area contributed by atoms with Crippen LogP contribution in [0.4, 0.5) is 0 Å². The summed E-state index contributed by atoms with van der Waals surface area (Å²) < 4.78 is 5.00. The lowest BCUT2D eigenvalue weighted by Gasteiger charge is -2.13. The number of carbonyl (C=O) groups is 1. The minimum Gasteiger partial charge on any atom is -0.504 e. The summed E-state index contributed by atoms with van der Waals surface area (Å²) in [5.41, 5.74) is 0.645. The Morgan fingerprint density at radius 1 is 1.42 bits per heavy atom. The van der Waals surface area contributed by atoms with Crippen LogP contribution in [-0.4, -0.2) is 23.3 Å². The molecule has 0 aromatic heterocycles. The van der Waals surface area contributed by atoms with Crippen molar-refractivity contribution in [2.75, 3.05) is 7.11 Å². The maximum Gasteiger partial charge on any atom is 0.310 e. The van der Waals surface area contributed by atoms with Crippen molar-refractivity contribution in [3.63, 3.8) is 0 Å². The quantitative estimate of drug-likeness (QED) is 0.741. The number of hydrogen-bond donors (Lipinski definition) is 2. The first-order chi connectivity index (χ1) is 9.10. The van der Waals surface area contributed by atoms with E-state index in [1.165, 1.54) is 13.2 Å². The number of phenolic OH excluding ortho intramolecular Hbond substituents is 1. The molecule has 0 aliphatic carbocycles. The van der Waals surface area contributed by atoms with E-state index in [1.807, 2.05) is 19.1 Å². The summed E-state index contributed by atoms with van der Waals surface area (Å²) in [6, 6.07) is 4.67. The van der Waals surface area contributed by atoms with Crippen molar-refractivity contribution in [1.29, 1.82) is 0 Å². The summed E-state index contributed by atoms with van der Waals surface area (Å²) >= 11 is 0. The Labute approximate surface area is 113 Å². The van der Waals surface area contributed by atoms with E-state index in [9.17, 15) is 15.0 Å². The molecule has 0 aliphatic rings.